The van der Waals surface area contributed by atoms with Crippen LogP contribution in [0.2, 0.25) is 5.25 Å². The van der Waals surface area contributed by atoms with Gasteiger partial charge in [-0.05, 0) is 0 Å². The predicted molar refractivity (Wildman–Crippen MR) is 165 cm³/mol. The van der Waals surface area contributed by atoms with Crippen molar-refractivity contribution in [2.45, 2.75) is 53.7 Å². The molecule has 0 aliphatic carbocycles. The minimum atomic E-state index is -2.88. The van der Waals surface area contributed by atoms with Crippen molar-refractivity contribution in [2.24, 2.45) is 0 Å². The zero-order valence-corrected chi connectivity index (χ0v) is 25.8. The van der Waals surface area contributed by atoms with Crippen molar-refractivity contribution in [3.05, 3.63) is 72.8 Å². The predicted octanol–water partition coefficient (Wildman–Crippen LogP) is 5.72. The molecule has 3 rings (SSSR count). The zero-order chi connectivity index (χ0) is 26.1. The number of rotatable bonds is 13. The minimum absolute atomic E-state index is 1.04. The van der Waals surface area contributed by atoms with Gasteiger partial charge in [-0.2, -0.15) is 0 Å². The zero-order valence-electron chi connectivity index (χ0n) is 23.7. The molecule has 0 aromatic heterocycles. The quantitative estimate of drug-likeness (QED) is 0.254. The van der Waals surface area contributed by atoms with Crippen molar-refractivity contribution in [1.82, 2.24) is 0 Å². The van der Waals surface area contributed by atoms with E-state index in [0.29, 0.717) is 0 Å². The molecule has 0 bridgehead atoms. The molecule has 0 unspecified atom stereocenters. The van der Waals surface area contributed by atoms with E-state index in [0.717, 1.165) is 39.3 Å². The molecule has 0 spiro atoms. The molecule has 3 aromatic rings. The van der Waals surface area contributed by atoms with E-state index in [9.17, 15) is 0 Å². The van der Waals surface area contributed by atoms with Gasteiger partial charge in [0.1, 0.15) is 0 Å². The molecule has 0 saturated carbocycles. The second-order valence-corrected chi connectivity index (χ2v) is 18.3. The van der Waals surface area contributed by atoms with Crippen molar-refractivity contribution in [1.29, 1.82) is 0 Å². The fourth-order valence-electron chi connectivity index (χ4n) is 5.75. The van der Waals surface area contributed by atoms with Crippen molar-refractivity contribution < 1.29 is 0 Å². The van der Waals surface area contributed by atoms with Crippen LogP contribution in [0.4, 0.5) is 17.1 Å². The van der Waals surface area contributed by atoms with Crippen LogP contribution in [0.1, 0.15) is 48.5 Å². The first-order chi connectivity index (χ1) is 17.5. The van der Waals surface area contributed by atoms with E-state index < -0.39 is 13.3 Å². The van der Waals surface area contributed by atoms with Crippen LogP contribution in [0.5, 0.6) is 0 Å². The van der Waals surface area contributed by atoms with Crippen molar-refractivity contribution >= 4 is 43.5 Å². The van der Waals surface area contributed by atoms with Gasteiger partial charge in [-0.1, -0.05) is 0 Å². The molecule has 0 fully saturated rings. The first-order valence-corrected chi connectivity index (χ1v) is 18.7. The van der Waals surface area contributed by atoms with Gasteiger partial charge in [-0.3, -0.25) is 0 Å². The molecule has 0 N–H and O–H groups in total. The van der Waals surface area contributed by atoms with Gasteiger partial charge in [0.05, 0.1) is 0 Å². The Hall–Kier alpha value is -2.40. The molecule has 0 aliphatic rings. The van der Waals surface area contributed by atoms with Crippen LogP contribution in [0.25, 0.3) is 0 Å². The molecule has 0 amide bonds. The van der Waals surface area contributed by atoms with Gasteiger partial charge < -0.3 is 0 Å². The summed E-state index contributed by atoms with van der Waals surface area (Å²) in [7, 11) is 0. The maximum atomic E-state index is 2.44. The Kier molecular flexibility index (Phi) is 10.4. The normalized spacial score (nSPS) is 11.4. The molecule has 36 heavy (non-hydrogen) atoms. The van der Waals surface area contributed by atoms with Crippen LogP contribution < -0.4 is 27.9 Å². The Morgan fingerprint density at radius 3 is 0.778 bits per heavy atom. The molecule has 194 valence electrons. The van der Waals surface area contributed by atoms with Gasteiger partial charge in [0.25, 0.3) is 0 Å². The molecule has 3 aromatic carbocycles. The second-order valence-electron chi connectivity index (χ2n) is 9.42. The summed E-state index contributed by atoms with van der Waals surface area (Å²) >= 11 is -2.88. The number of anilines is 3. The maximum absolute atomic E-state index is 2.88. The van der Waals surface area contributed by atoms with Gasteiger partial charge in [-0.25, -0.2) is 0 Å². The summed E-state index contributed by atoms with van der Waals surface area (Å²) in [6.07, 6.45) is 0. The summed E-state index contributed by atoms with van der Waals surface area (Å²) in [5.74, 6) is 0. The SMILES string of the molecule is CCN(CC)c1cc[c]([Ge]([CH2]C)([c]2ccc(N(CC)CC)cc2)[c]2ccc(N(CC)CC)cc2)cc1. The fourth-order valence-corrected chi connectivity index (χ4v) is 15.0. The standard InChI is InChI=1S/C32H47GeN3/c1-8-33(27-15-21-30(22-16-27)34(9-2)10-3,28-17-23-31(24-18-28)35(11-4)12-5)29-19-25-32(26-20-29)36(13-6)14-7/h15-26H,8-14H2,1-7H3. The van der Waals surface area contributed by atoms with E-state index in [1.165, 1.54) is 22.3 Å². The van der Waals surface area contributed by atoms with Gasteiger partial charge in [0.15, 0.2) is 0 Å². The third-order valence-electron chi connectivity index (χ3n) is 8.00. The molecule has 3 nitrogen and oxygen atoms in total. The molecule has 0 aliphatic heterocycles. The molecule has 4 heteroatoms. The van der Waals surface area contributed by atoms with E-state index in [1.54, 1.807) is 13.2 Å². The number of nitrogens with zero attached hydrogens (tertiary/aromatic N) is 3. The summed E-state index contributed by atoms with van der Waals surface area (Å²) in [6, 6.07) is 28.8. The van der Waals surface area contributed by atoms with Crippen LogP contribution in [0.15, 0.2) is 72.8 Å². The second kappa shape index (κ2) is 13.2. The van der Waals surface area contributed by atoms with E-state index >= 15 is 0 Å². The molecule has 0 saturated heterocycles. The summed E-state index contributed by atoms with van der Waals surface area (Å²) in [5, 5.41) is 1.18. The molecule has 0 atom stereocenters. The molecule has 0 heterocycles. The Labute approximate surface area is 223 Å². The van der Waals surface area contributed by atoms with Gasteiger partial charge >= 0.3 is 224 Å². The monoisotopic (exact) mass is 547 g/mol. The van der Waals surface area contributed by atoms with E-state index in [-0.39, 0.29) is 0 Å². The first kappa shape index (κ1) is 28.2. The third kappa shape index (κ3) is 5.61. The van der Waals surface area contributed by atoms with E-state index in [2.05, 4.69) is 136 Å². The Morgan fingerprint density at radius 1 is 0.389 bits per heavy atom. The number of hydrogen-bond acceptors (Lipinski definition) is 3. The van der Waals surface area contributed by atoms with Gasteiger partial charge in [0.2, 0.25) is 0 Å². The van der Waals surface area contributed by atoms with Crippen LogP contribution in [-0.2, 0) is 0 Å². The summed E-state index contributed by atoms with van der Waals surface area (Å²) in [6.45, 7) is 22.1. The van der Waals surface area contributed by atoms with Crippen molar-refractivity contribution in [3.8, 4) is 0 Å². The topological polar surface area (TPSA) is 9.72 Å². The van der Waals surface area contributed by atoms with Crippen LogP contribution in [0.3, 0.4) is 0 Å². The Morgan fingerprint density at radius 2 is 0.611 bits per heavy atom. The molecular formula is C32H47GeN3. The van der Waals surface area contributed by atoms with Crippen molar-refractivity contribution in [2.75, 3.05) is 54.0 Å². The average molecular weight is 546 g/mol. The summed E-state index contributed by atoms with van der Waals surface area (Å²) in [4.78, 5) is 7.30. The first-order valence-electron chi connectivity index (χ1n) is 14.1. The molecule has 0 radical (unpaired) electrons. The van der Waals surface area contributed by atoms with Gasteiger partial charge in [-0.15, -0.1) is 0 Å². The van der Waals surface area contributed by atoms with E-state index in [4.69, 9.17) is 0 Å². The number of benzene rings is 3. The van der Waals surface area contributed by atoms with Crippen LogP contribution in [-0.4, -0.2) is 52.5 Å². The van der Waals surface area contributed by atoms with Crippen LogP contribution in [0, 0.1) is 0 Å². The number of hydrogen-bond donors (Lipinski definition) is 0. The molecular weight excluding hydrogens is 499 g/mol. The van der Waals surface area contributed by atoms with Crippen molar-refractivity contribution in [3.63, 3.8) is 0 Å². The van der Waals surface area contributed by atoms with E-state index in [1.807, 2.05) is 0 Å². The average Bonchev–Trinajstić information content (AvgIpc) is 2.94. The fraction of sp³-hybridized carbons (Fsp3) is 0.438. The summed E-state index contributed by atoms with van der Waals surface area (Å²) < 4.78 is 4.62. The third-order valence-corrected chi connectivity index (χ3v) is 18.5. The van der Waals surface area contributed by atoms with Crippen LogP contribution >= 0.6 is 0 Å². The Balaban J connectivity index is 2.16. The summed E-state index contributed by atoms with van der Waals surface area (Å²) in [5.41, 5.74) is 3.97. The van der Waals surface area contributed by atoms with Gasteiger partial charge in [0, 0.05) is 0 Å². The Bertz CT molecular complexity index is 898.